The van der Waals surface area contributed by atoms with Crippen LogP contribution in [0.4, 0.5) is 0 Å². The summed E-state index contributed by atoms with van der Waals surface area (Å²) in [6.07, 6.45) is 2.44. The molecule has 0 amide bonds. The molecule has 2 atom stereocenters. The molecule has 0 aromatic carbocycles. The van der Waals surface area contributed by atoms with Gasteiger partial charge in [-0.15, -0.1) is 12.4 Å². The molecule has 1 aliphatic rings. The first-order chi connectivity index (χ1) is 5.79. The van der Waals surface area contributed by atoms with Crippen molar-refractivity contribution in [1.82, 2.24) is 4.98 Å². The maximum absolute atomic E-state index is 10.5. The van der Waals surface area contributed by atoms with Crippen LogP contribution >= 0.6 is 12.4 Å². The first-order valence-corrected chi connectivity index (χ1v) is 3.93. The van der Waals surface area contributed by atoms with Gasteiger partial charge in [-0.2, -0.15) is 0 Å². The maximum Gasteiger partial charge on any atom is 0.307 e. The van der Waals surface area contributed by atoms with Crippen LogP contribution in [0.25, 0.3) is 0 Å². The first kappa shape index (κ1) is 9.99. The fourth-order valence-electron chi connectivity index (χ4n) is 1.39. The summed E-state index contributed by atoms with van der Waals surface area (Å²) >= 11 is 0. The summed E-state index contributed by atoms with van der Waals surface area (Å²) in [5.74, 6) is -0.741. The van der Waals surface area contributed by atoms with Crippen molar-refractivity contribution in [3.63, 3.8) is 0 Å². The molecule has 2 rings (SSSR count). The zero-order valence-electron chi connectivity index (χ0n) is 6.88. The van der Waals surface area contributed by atoms with E-state index in [9.17, 15) is 4.79 Å². The van der Waals surface area contributed by atoms with Crippen LogP contribution in [0.1, 0.15) is 18.0 Å². The number of rotatable bonds is 2. The second-order valence-corrected chi connectivity index (χ2v) is 3.04. The van der Waals surface area contributed by atoms with E-state index in [2.05, 4.69) is 4.98 Å². The van der Waals surface area contributed by atoms with Gasteiger partial charge in [-0.25, -0.2) is 0 Å². The molecule has 3 nitrogen and oxygen atoms in total. The number of carbonyl (C=O) groups is 1. The molecule has 1 aliphatic carbocycles. The summed E-state index contributed by atoms with van der Waals surface area (Å²) in [5.41, 5.74) is 0.907. The molecule has 0 bridgehead atoms. The lowest BCUT2D eigenvalue weighted by Crippen LogP contribution is -1.99. The lowest BCUT2D eigenvalue weighted by molar-refractivity contribution is -0.138. The van der Waals surface area contributed by atoms with Crippen LogP contribution in [0, 0.1) is 5.92 Å². The van der Waals surface area contributed by atoms with Crippen molar-refractivity contribution >= 4 is 18.4 Å². The van der Waals surface area contributed by atoms with Crippen LogP contribution in [0.15, 0.2) is 24.4 Å². The van der Waals surface area contributed by atoms with Crippen LogP contribution in [0.3, 0.4) is 0 Å². The van der Waals surface area contributed by atoms with E-state index in [1.165, 1.54) is 0 Å². The fourth-order valence-corrected chi connectivity index (χ4v) is 1.39. The number of nitrogens with zero attached hydrogens (tertiary/aromatic N) is 1. The second-order valence-electron chi connectivity index (χ2n) is 3.04. The fraction of sp³-hybridized carbons (Fsp3) is 0.333. The standard InChI is InChI=1S/C9H9NO2.ClH/c11-9(12)7-5-6(7)8-3-1-2-4-10-8;/h1-4,6-7H,5H2,(H,11,12);1H/t6-,7-;/m1./s1. The van der Waals surface area contributed by atoms with E-state index in [0.29, 0.717) is 0 Å². The summed E-state index contributed by atoms with van der Waals surface area (Å²) < 4.78 is 0. The predicted octanol–water partition coefficient (Wildman–Crippen LogP) is 1.69. The van der Waals surface area contributed by atoms with Crippen molar-refractivity contribution in [2.75, 3.05) is 0 Å². The molecule has 0 unspecified atom stereocenters. The summed E-state index contributed by atoms with van der Waals surface area (Å²) in [6.45, 7) is 0. The zero-order valence-corrected chi connectivity index (χ0v) is 7.70. The SMILES string of the molecule is Cl.O=C(O)[C@@H]1C[C@H]1c1ccccn1. The Hall–Kier alpha value is -1.09. The van der Waals surface area contributed by atoms with Crippen molar-refractivity contribution in [2.45, 2.75) is 12.3 Å². The number of hydrogen-bond donors (Lipinski definition) is 1. The van der Waals surface area contributed by atoms with E-state index in [-0.39, 0.29) is 24.2 Å². The zero-order chi connectivity index (χ0) is 8.55. The third-order valence-corrected chi connectivity index (χ3v) is 2.18. The molecule has 70 valence electrons. The third kappa shape index (κ3) is 1.98. The van der Waals surface area contributed by atoms with Crippen LogP contribution in [0.5, 0.6) is 0 Å². The number of hydrogen-bond acceptors (Lipinski definition) is 2. The summed E-state index contributed by atoms with van der Waals surface area (Å²) in [4.78, 5) is 14.6. The van der Waals surface area contributed by atoms with Crippen LogP contribution in [-0.4, -0.2) is 16.1 Å². The van der Waals surface area contributed by atoms with E-state index in [4.69, 9.17) is 5.11 Å². The number of aromatic nitrogens is 1. The van der Waals surface area contributed by atoms with E-state index in [1.807, 2.05) is 18.2 Å². The molecule has 1 heterocycles. The Balaban J connectivity index is 0.000000845. The summed E-state index contributed by atoms with van der Waals surface area (Å²) in [7, 11) is 0. The maximum atomic E-state index is 10.5. The van der Waals surface area contributed by atoms with Gasteiger partial charge in [0.15, 0.2) is 0 Å². The van der Waals surface area contributed by atoms with Gasteiger partial charge in [0.1, 0.15) is 0 Å². The minimum Gasteiger partial charge on any atom is -0.481 e. The highest BCUT2D eigenvalue weighted by Gasteiger charge is 2.44. The Kier molecular flexibility index (Phi) is 2.88. The predicted molar refractivity (Wildman–Crippen MR) is 50.0 cm³/mol. The molecule has 0 radical (unpaired) electrons. The van der Waals surface area contributed by atoms with Gasteiger partial charge in [0.2, 0.25) is 0 Å². The van der Waals surface area contributed by atoms with Gasteiger partial charge < -0.3 is 5.11 Å². The van der Waals surface area contributed by atoms with E-state index in [0.717, 1.165) is 12.1 Å². The van der Waals surface area contributed by atoms with Gasteiger partial charge in [-0.3, -0.25) is 9.78 Å². The lowest BCUT2D eigenvalue weighted by atomic mass is 10.2. The highest BCUT2D eigenvalue weighted by atomic mass is 35.5. The number of aliphatic carboxylic acids is 1. The highest BCUT2D eigenvalue weighted by Crippen LogP contribution is 2.46. The van der Waals surface area contributed by atoms with Crippen molar-refractivity contribution in [1.29, 1.82) is 0 Å². The number of carboxylic acid groups (broad SMARTS) is 1. The molecule has 0 aliphatic heterocycles. The van der Waals surface area contributed by atoms with Crippen molar-refractivity contribution in [2.24, 2.45) is 5.92 Å². The molecular formula is C9H10ClNO2. The minimum absolute atomic E-state index is 0. The Labute approximate surface area is 82.2 Å². The average Bonchev–Trinajstić information content (AvgIpc) is 2.84. The number of halogens is 1. The van der Waals surface area contributed by atoms with E-state index < -0.39 is 5.97 Å². The van der Waals surface area contributed by atoms with Gasteiger partial charge in [0.05, 0.1) is 5.92 Å². The molecule has 1 aromatic heterocycles. The van der Waals surface area contributed by atoms with Crippen LogP contribution < -0.4 is 0 Å². The average molecular weight is 200 g/mol. The minimum atomic E-state index is -0.703. The van der Waals surface area contributed by atoms with Crippen molar-refractivity contribution in [3.05, 3.63) is 30.1 Å². The molecule has 1 N–H and O–H groups in total. The van der Waals surface area contributed by atoms with Crippen LogP contribution in [0.2, 0.25) is 0 Å². The third-order valence-electron chi connectivity index (χ3n) is 2.18. The molecule has 0 saturated heterocycles. The molecule has 13 heavy (non-hydrogen) atoms. The van der Waals surface area contributed by atoms with Gasteiger partial charge in [-0.05, 0) is 18.6 Å². The second kappa shape index (κ2) is 3.75. The van der Waals surface area contributed by atoms with E-state index in [1.54, 1.807) is 6.20 Å². The van der Waals surface area contributed by atoms with Crippen LogP contribution in [-0.2, 0) is 4.79 Å². The van der Waals surface area contributed by atoms with Crippen molar-refractivity contribution in [3.8, 4) is 0 Å². The highest BCUT2D eigenvalue weighted by molar-refractivity contribution is 5.85. The molecule has 1 aromatic rings. The van der Waals surface area contributed by atoms with Gasteiger partial charge >= 0.3 is 5.97 Å². The molecule has 0 spiro atoms. The molecule has 1 fully saturated rings. The first-order valence-electron chi connectivity index (χ1n) is 3.93. The normalized spacial score (nSPS) is 24.6. The number of carboxylic acids is 1. The summed E-state index contributed by atoms with van der Waals surface area (Å²) in [5, 5.41) is 8.66. The van der Waals surface area contributed by atoms with Gasteiger partial charge in [0.25, 0.3) is 0 Å². The Morgan fingerprint density at radius 1 is 1.54 bits per heavy atom. The van der Waals surface area contributed by atoms with Gasteiger partial charge in [0, 0.05) is 17.8 Å². The molecule has 4 heteroatoms. The van der Waals surface area contributed by atoms with Gasteiger partial charge in [-0.1, -0.05) is 6.07 Å². The van der Waals surface area contributed by atoms with Crippen molar-refractivity contribution < 1.29 is 9.90 Å². The molecule has 1 saturated carbocycles. The topological polar surface area (TPSA) is 50.2 Å². The van der Waals surface area contributed by atoms with E-state index >= 15 is 0 Å². The number of pyridine rings is 1. The monoisotopic (exact) mass is 199 g/mol. The Morgan fingerprint density at radius 3 is 2.77 bits per heavy atom. The smallest absolute Gasteiger partial charge is 0.307 e. The lowest BCUT2D eigenvalue weighted by Gasteiger charge is -1.94. The molecular weight excluding hydrogens is 190 g/mol. The Bertz CT molecular complexity index is 302. The largest absolute Gasteiger partial charge is 0.481 e. The quantitative estimate of drug-likeness (QED) is 0.789. The Morgan fingerprint density at radius 2 is 2.31 bits per heavy atom. The summed E-state index contributed by atoms with van der Waals surface area (Å²) in [6, 6.07) is 5.61.